The summed E-state index contributed by atoms with van der Waals surface area (Å²) in [5, 5.41) is 76.5. The van der Waals surface area contributed by atoms with E-state index in [4.69, 9.17) is 9.47 Å². The lowest BCUT2D eigenvalue weighted by Gasteiger charge is -2.40. The smallest absolute Gasteiger partial charge is 0.249 e. The first kappa shape index (κ1) is 78.8. The molecule has 486 valence electrons. The van der Waals surface area contributed by atoms with Gasteiger partial charge in [0.1, 0.15) is 36.6 Å². The van der Waals surface area contributed by atoms with Crippen molar-refractivity contribution in [3.05, 3.63) is 60.8 Å². The molecule has 83 heavy (non-hydrogen) atoms. The van der Waals surface area contributed by atoms with Gasteiger partial charge in [0, 0.05) is 0 Å². The third-order valence-corrected chi connectivity index (χ3v) is 16.7. The molecule has 11 heteroatoms. The zero-order chi connectivity index (χ0) is 60.3. The van der Waals surface area contributed by atoms with Crippen LogP contribution in [-0.2, 0) is 14.3 Å². The van der Waals surface area contributed by atoms with Crippen molar-refractivity contribution in [2.45, 2.75) is 377 Å². The Hall–Kier alpha value is -2.19. The number of allylic oxidation sites excluding steroid dienone is 10. The third-order valence-electron chi connectivity index (χ3n) is 16.7. The van der Waals surface area contributed by atoms with E-state index in [-0.39, 0.29) is 12.8 Å². The highest BCUT2D eigenvalue weighted by atomic mass is 16.7. The topological polar surface area (TPSA) is 189 Å². The highest BCUT2D eigenvalue weighted by Gasteiger charge is 2.44. The molecule has 0 radical (unpaired) electrons. The van der Waals surface area contributed by atoms with E-state index in [1.807, 2.05) is 0 Å². The lowest BCUT2D eigenvalue weighted by atomic mass is 9.98. The van der Waals surface area contributed by atoms with E-state index in [0.29, 0.717) is 19.3 Å². The van der Waals surface area contributed by atoms with Crippen LogP contribution in [0.1, 0.15) is 322 Å². The first-order chi connectivity index (χ1) is 40.7. The van der Waals surface area contributed by atoms with Gasteiger partial charge in [-0.15, -0.1) is 0 Å². The van der Waals surface area contributed by atoms with Crippen molar-refractivity contribution in [2.24, 2.45) is 0 Å². The second-order valence-corrected chi connectivity index (χ2v) is 24.6. The minimum Gasteiger partial charge on any atom is -0.394 e. The SMILES string of the molecule is CCCCCCCCCCC/C=C\C/C=C\CCCCCCCCCCCCCCCCC(O)C(=O)NC(COC1OC(CO)C(O)C(O)C1O)C(O)C(O)CCC/C=C/CC/C=C/CC/C=C/CCCCCCCCCCCCCCC. The molecule has 1 aliphatic rings. The zero-order valence-corrected chi connectivity index (χ0v) is 53.7. The minimum atomic E-state index is -1.68. The molecule has 0 bridgehead atoms. The molecule has 1 saturated heterocycles. The predicted octanol–water partition coefficient (Wildman–Crippen LogP) is 16.9. The Bertz CT molecular complexity index is 1530. The van der Waals surface area contributed by atoms with Crippen molar-refractivity contribution in [1.82, 2.24) is 5.32 Å². The maximum absolute atomic E-state index is 13.2. The van der Waals surface area contributed by atoms with Crippen molar-refractivity contribution in [1.29, 1.82) is 0 Å². The molecule has 1 heterocycles. The van der Waals surface area contributed by atoms with Gasteiger partial charge >= 0.3 is 0 Å². The lowest BCUT2D eigenvalue weighted by molar-refractivity contribution is -0.303. The van der Waals surface area contributed by atoms with Crippen LogP contribution in [0.3, 0.4) is 0 Å². The van der Waals surface area contributed by atoms with Crippen LogP contribution in [0, 0.1) is 0 Å². The van der Waals surface area contributed by atoms with Crippen LogP contribution >= 0.6 is 0 Å². The monoisotopic (exact) mass is 1170 g/mol. The molecular formula is C72H133NO10. The van der Waals surface area contributed by atoms with Gasteiger partial charge in [0.25, 0.3) is 0 Å². The highest BCUT2D eigenvalue weighted by Crippen LogP contribution is 2.24. The van der Waals surface area contributed by atoms with Crippen LogP contribution in [0.25, 0.3) is 0 Å². The number of carbonyl (C=O) groups is 1. The van der Waals surface area contributed by atoms with Crippen molar-refractivity contribution in [2.75, 3.05) is 13.2 Å². The fourth-order valence-electron chi connectivity index (χ4n) is 11.1. The van der Waals surface area contributed by atoms with Gasteiger partial charge in [-0.2, -0.15) is 0 Å². The molecule has 0 aromatic heterocycles. The normalized spacial score (nSPS) is 19.4. The standard InChI is InChI=1S/C72H133NO10/c1-3-5-7-9-11-13-15-17-19-21-23-25-27-29-31-32-33-34-36-38-40-42-44-46-48-50-52-54-56-58-60-65(76)71(81)73-63(62-82-72-70(80)69(79)68(78)66(61-74)83-72)67(77)64(75)59-57-55-53-51-49-47-45-43-41-39-37-35-30-28-26-24-22-20-18-16-14-12-10-8-6-4-2/h23,25,29,31,35,37,43,45,51,53,63-70,72,74-80H,3-22,24,26-28,30,32-34,36,38-42,44,46-50,52,54-62H2,1-2H3,(H,73,81)/b25-23-,31-29-,37-35+,45-43+,53-51+. The second kappa shape index (κ2) is 60.1. The van der Waals surface area contributed by atoms with E-state index in [2.05, 4.69) is 79.9 Å². The molecule has 8 N–H and O–H groups in total. The molecule has 0 aromatic carbocycles. The molecule has 0 aromatic rings. The fourth-order valence-corrected chi connectivity index (χ4v) is 11.1. The average Bonchev–Trinajstić information content (AvgIpc) is 3.68. The van der Waals surface area contributed by atoms with E-state index in [1.165, 1.54) is 225 Å². The average molecular weight is 1170 g/mol. The van der Waals surface area contributed by atoms with Gasteiger partial charge in [0.15, 0.2) is 6.29 Å². The molecule has 1 fully saturated rings. The lowest BCUT2D eigenvalue weighted by Crippen LogP contribution is -2.60. The molecule has 0 spiro atoms. The summed E-state index contributed by atoms with van der Waals surface area (Å²) in [6.45, 7) is 3.47. The summed E-state index contributed by atoms with van der Waals surface area (Å²) in [6, 6.07) is -1.20. The molecule has 9 unspecified atom stereocenters. The highest BCUT2D eigenvalue weighted by molar-refractivity contribution is 5.80. The number of ether oxygens (including phenoxy) is 2. The number of carbonyl (C=O) groups excluding carboxylic acids is 1. The molecule has 1 aliphatic heterocycles. The molecule has 0 aliphatic carbocycles. The quantitative estimate of drug-likeness (QED) is 0.0215. The van der Waals surface area contributed by atoms with Gasteiger partial charge in [0.05, 0.1) is 25.4 Å². The third kappa shape index (κ3) is 47.5. The van der Waals surface area contributed by atoms with Gasteiger partial charge in [-0.25, -0.2) is 0 Å². The fraction of sp³-hybridized carbons (Fsp3) is 0.847. The van der Waals surface area contributed by atoms with Gasteiger partial charge in [-0.1, -0.05) is 286 Å². The van der Waals surface area contributed by atoms with Crippen molar-refractivity contribution >= 4 is 5.91 Å². The van der Waals surface area contributed by atoms with Gasteiger partial charge < -0.3 is 50.5 Å². The van der Waals surface area contributed by atoms with Crippen LogP contribution < -0.4 is 5.32 Å². The van der Waals surface area contributed by atoms with E-state index < -0.39 is 74.2 Å². The second-order valence-electron chi connectivity index (χ2n) is 24.6. The van der Waals surface area contributed by atoms with Crippen molar-refractivity contribution in [3.63, 3.8) is 0 Å². The Kier molecular flexibility index (Phi) is 57.1. The summed E-state index contributed by atoms with van der Waals surface area (Å²) >= 11 is 0. The Balaban J connectivity index is 2.24. The van der Waals surface area contributed by atoms with Gasteiger partial charge in [-0.3, -0.25) is 4.79 Å². The maximum atomic E-state index is 13.2. The Morgan fingerprint density at radius 1 is 0.422 bits per heavy atom. The summed E-state index contributed by atoms with van der Waals surface area (Å²) in [6.07, 6.45) is 68.7. The summed E-state index contributed by atoms with van der Waals surface area (Å²) in [7, 11) is 0. The number of nitrogens with one attached hydrogen (secondary N) is 1. The van der Waals surface area contributed by atoms with Crippen LogP contribution in [0.4, 0.5) is 0 Å². The Labute approximate surface area is 510 Å². The van der Waals surface area contributed by atoms with Crippen LogP contribution in [0.2, 0.25) is 0 Å². The molecule has 9 atom stereocenters. The Morgan fingerprint density at radius 2 is 0.759 bits per heavy atom. The number of amides is 1. The largest absolute Gasteiger partial charge is 0.394 e. The summed E-state index contributed by atoms with van der Waals surface area (Å²) < 4.78 is 11.2. The maximum Gasteiger partial charge on any atom is 0.249 e. The minimum absolute atomic E-state index is 0.240. The van der Waals surface area contributed by atoms with E-state index in [1.54, 1.807) is 0 Å². The molecule has 1 amide bonds. The van der Waals surface area contributed by atoms with E-state index >= 15 is 0 Å². The predicted molar refractivity (Wildman–Crippen MR) is 348 cm³/mol. The molecule has 11 nitrogen and oxygen atoms in total. The van der Waals surface area contributed by atoms with E-state index in [0.717, 1.165) is 51.4 Å². The Morgan fingerprint density at radius 3 is 1.14 bits per heavy atom. The van der Waals surface area contributed by atoms with Gasteiger partial charge in [0.2, 0.25) is 5.91 Å². The number of hydrogen-bond acceptors (Lipinski definition) is 10. The van der Waals surface area contributed by atoms with Crippen LogP contribution in [0.15, 0.2) is 60.8 Å². The van der Waals surface area contributed by atoms with Crippen molar-refractivity contribution in [3.8, 4) is 0 Å². The number of aliphatic hydroxyl groups excluding tert-OH is 7. The van der Waals surface area contributed by atoms with Gasteiger partial charge in [-0.05, 0) is 96.3 Å². The number of hydrogen-bond donors (Lipinski definition) is 8. The van der Waals surface area contributed by atoms with Crippen LogP contribution in [0.5, 0.6) is 0 Å². The summed E-state index contributed by atoms with van der Waals surface area (Å²) in [5.74, 6) is -0.710. The number of unbranched alkanes of at least 4 members (excludes halogenated alkanes) is 39. The van der Waals surface area contributed by atoms with Crippen molar-refractivity contribution < 1.29 is 50.0 Å². The number of aliphatic hydroxyl groups is 7. The molecule has 0 saturated carbocycles. The number of rotatable bonds is 61. The van der Waals surface area contributed by atoms with E-state index in [9.17, 15) is 40.5 Å². The molecule has 1 rings (SSSR count). The first-order valence-electron chi connectivity index (χ1n) is 35.2. The molecular weight excluding hydrogens is 1040 g/mol. The van der Waals surface area contributed by atoms with Crippen LogP contribution in [-0.4, -0.2) is 110 Å². The summed E-state index contributed by atoms with van der Waals surface area (Å²) in [4.78, 5) is 13.2. The zero-order valence-electron chi connectivity index (χ0n) is 53.7. The first-order valence-corrected chi connectivity index (χ1v) is 35.2. The summed E-state index contributed by atoms with van der Waals surface area (Å²) in [5.41, 5.74) is 0.